The lowest BCUT2D eigenvalue weighted by atomic mass is 10.2. The van der Waals surface area contributed by atoms with Gasteiger partial charge in [0.1, 0.15) is 0 Å². The largest absolute Gasteiger partial charge is 0.398 e. The Hall–Kier alpha value is -1.56. The van der Waals surface area contributed by atoms with Gasteiger partial charge in [0.2, 0.25) is 0 Å². The number of H-pyrrole nitrogens is 1. The molecule has 0 bridgehead atoms. The summed E-state index contributed by atoms with van der Waals surface area (Å²) in [5.41, 5.74) is 6.76. The molecule has 0 fully saturated rings. The number of anilines is 1. The van der Waals surface area contributed by atoms with E-state index in [1.165, 1.54) is 0 Å². The predicted octanol–water partition coefficient (Wildman–Crippen LogP) is 1.33. The Balaban J connectivity index is 2.82. The van der Waals surface area contributed by atoms with Gasteiger partial charge in [-0.1, -0.05) is 6.07 Å². The van der Waals surface area contributed by atoms with Crippen molar-refractivity contribution in [2.45, 2.75) is 24.1 Å². The summed E-state index contributed by atoms with van der Waals surface area (Å²) in [6, 6.07) is 5.13. The van der Waals surface area contributed by atoms with Crippen molar-refractivity contribution in [3.63, 3.8) is 0 Å². The average molecular weight is 239 g/mol. The molecule has 3 N–H and O–H groups in total. The van der Waals surface area contributed by atoms with Gasteiger partial charge in [-0.2, -0.15) is 5.10 Å². The summed E-state index contributed by atoms with van der Waals surface area (Å²) < 4.78 is 24.1. The Bertz CT molecular complexity index is 629. The van der Waals surface area contributed by atoms with Crippen LogP contribution in [-0.4, -0.2) is 23.9 Å². The maximum Gasteiger partial charge on any atom is 0.198 e. The van der Waals surface area contributed by atoms with Crippen LogP contribution in [0.25, 0.3) is 10.9 Å². The van der Waals surface area contributed by atoms with Crippen molar-refractivity contribution in [1.82, 2.24) is 10.2 Å². The zero-order valence-electron chi connectivity index (χ0n) is 9.06. The van der Waals surface area contributed by atoms with E-state index in [2.05, 4.69) is 10.2 Å². The third-order valence-corrected chi connectivity index (χ3v) is 4.59. The Morgan fingerprint density at radius 2 is 2.06 bits per heavy atom. The monoisotopic (exact) mass is 239 g/mol. The molecular weight excluding hydrogens is 226 g/mol. The van der Waals surface area contributed by atoms with Crippen LogP contribution < -0.4 is 5.73 Å². The second-order valence-electron chi connectivity index (χ2n) is 3.89. The Morgan fingerprint density at radius 3 is 2.69 bits per heavy atom. The minimum absolute atomic E-state index is 0.107. The maximum absolute atomic E-state index is 12.0. The van der Waals surface area contributed by atoms with Crippen LogP contribution in [-0.2, 0) is 9.84 Å². The van der Waals surface area contributed by atoms with E-state index >= 15 is 0 Å². The van der Waals surface area contributed by atoms with E-state index in [0.29, 0.717) is 16.6 Å². The lowest BCUT2D eigenvalue weighted by Crippen LogP contribution is -2.15. The van der Waals surface area contributed by atoms with Crippen molar-refractivity contribution in [2.75, 3.05) is 5.73 Å². The molecule has 0 spiro atoms. The molecule has 2 rings (SSSR count). The number of nitrogens with two attached hydrogens (primary N) is 1. The molecule has 0 amide bonds. The molecule has 0 saturated carbocycles. The zero-order valence-corrected chi connectivity index (χ0v) is 9.88. The molecule has 0 saturated heterocycles. The van der Waals surface area contributed by atoms with Crippen LogP contribution in [0.2, 0.25) is 0 Å². The molecule has 5 nitrogen and oxygen atoms in total. The standard InChI is InChI=1S/C10H13N3O2S/c1-6(2)16(14,15)10-9-7(11)4-3-5-8(9)12-13-10/h3-6H,11H2,1-2H3,(H,12,13). The molecular formula is C10H13N3O2S. The van der Waals surface area contributed by atoms with E-state index < -0.39 is 15.1 Å². The first-order valence-electron chi connectivity index (χ1n) is 4.91. The van der Waals surface area contributed by atoms with Crippen LogP contribution in [0.5, 0.6) is 0 Å². The second kappa shape index (κ2) is 3.48. The summed E-state index contributed by atoms with van der Waals surface area (Å²) in [6.07, 6.45) is 0. The number of fused-ring (bicyclic) bond motifs is 1. The quantitative estimate of drug-likeness (QED) is 0.774. The SMILES string of the molecule is CC(C)S(=O)(=O)c1[nH]nc2cccc(N)c12. The lowest BCUT2D eigenvalue weighted by Gasteiger charge is -2.06. The van der Waals surface area contributed by atoms with Gasteiger partial charge < -0.3 is 5.73 Å². The molecule has 2 aromatic rings. The minimum atomic E-state index is -3.38. The van der Waals surface area contributed by atoms with Gasteiger partial charge in [-0.3, -0.25) is 5.10 Å². The highest BCUT2D eigenvalue weighted by Crippen LogP contribution is 2.27. The summed E-state index contributed by atoms with van der Waals surface area (Å²) in [6.45, 7) is 3.25. The fraction of sp³-hybridized carbons (Fsp3) is 0.300. The third-order valence-electron chi connectivity index (χ3n) is 2.48. The highest BCUT2D eigenvalue weighted by Gasteiger charge is 2.25. The van der Waals surface area contributed by atoms with Crippen molar-refractivity contribution in [3.05, 3.63) is 18.2 Å². The van der Waals surface area contributed by atoms with Crippen molar-refractivity contribution in [3.8, 4) is 0 Å². The molecule has 1 heterocycles. The fourth-order valence-corrected chi connectivity index (χ4v) is 2.66. The number of hydrogen-bond donors (Lipinski definition) is 2. The van der Waals surface area contributed by atoms with Crippen molar-refractivity contribution < 1.29 is 8.42 Å². The third kappa shape index (κ3) is 1.46. The van der Waals surface area contributed by atoms with Gasteiger partial charge in [-0.05, 0) is 26.0 Å². The molecule has 0 aliphatic heterocycles. The van der Waals surface area contributed by atoms with Crippen LogP contribution in [0.3, 0.4) is 0 Å². The molecule has 0 unspecified atom stereocenters. The first kappa shape index (κ1) is 10.9. The fourth-order valence-electron chi connectivity index (χ4n) is 1.51. The number of nitrogen functional groups attached to an aromatic ring is 1. The van der Waals surface area contributed by atoms with Gasteiger partial charge in [-0.15, -0.1) is 0 Å². The smallest absolute Gasteiger partial charge is 0.198 e. The maximum atomic E-state index is 12.0. The van der Waals surface area contributed by atoms with Crippen LogP contribution in [0, 0.1) is 0 Å². The number of benzene rings is 1. The minimum Gasteiger partial charge on any atom is -0.398 e. The molecule has 0 aliphatic carbocycles. The van der Waals surface area contributed by atoms with Gasteiger partial charge in [0.15, 0.2) is 14.9 Å². The molecule has 0 aliphatic rings. The Kier molecular flexibility index (Phi) is 2.38. The Morgan fingerprint density at radius 1 is 1.38 bits per heavy atom. The summed E-state index contributed by atoms with van der Waals surface area (Å²) in [5.74, 6) is 0. The molecule has 0 radical (unpaired) electrons. The molecule has 16 heavy (non-hydrogen) atoms. The van der Waals surface area contributed by atoms with E-state index in [1.807, 2.05) is 0 Å². The highest BCUT2D eigenvalue weighted by molar-refractivity contribution is 7.92. The molecule has 1 aromatic heterocycles. The summed E-state index contributed by atoms with van der Waals surface area (Å²) in [5, 5.41) is 6.59. The first-order valence-corrected chi connectivity index (χ1v) is 6.45. The normalized spacial score (nSPS) is 12.4. The summed E-state index contributed by atoms with van der Waals surface area (Å²) >= 11 is 0. The van der Waals surface area contributed by atoms with Crippen LogP contribution in [0.15, 0.2) is 23.2 Å². The van der Waals surface area contributed by atoms with E-state index in [0.717, 1.165) is 0 Å². The topological polar surface area (TPSA) is 88.8 Å². The predicted molar refractivity (Wildman–Crippen MR) is 62.8 cm³/mol. The molecule has 1 aromatic carbocycles. The first-order chi connectivity index (χ1) is 7.44. The van der Waals surface area contributed by atoms with Gasteiger partial charge in [0.25, 0.3) is 0 Å². The number of hydrogen-bond acceptors (Lipinski definition) is 4. The Labute approximate surface area is 93.6 Å². The molecule has 86 valence electrons. The van der Waals surface area contributed by atoms with Crippen molar-refractivity contribution >= 4 is 26.4 Å². The number of rotatable bonds is 2. The van der Waals surface area contributed by atoms with Gasteiger partial charge in [-0.25, -0.2) is 8.42 Å². The lowest BCUT2D eigenvalue weighted by molar-refractivity contribution is 0.584. The second-order valence-corrected chi connectivity index (χ2v) is 6.33. The van der Waals surface area contributed by atoms with Crippen molar-refractivity contribution in [2.24, 2.45) is 0 Å². The van der Waals surface area contributed by atoms with Crippen LogP contribution in [0.4, 0.5) is 5.69 Å². The van der Waals surface area contributed by atoms with Crippen LogP contribution >= 0.6 is 0 Å². The average Bonchev–Trinajstić information content (AvgIpc) is 2.63. The van der Waals surface area contributed by atoms with E-state index in [-0.39, 0.29) is 5.03 Å². The van der Waals surface area contributed by atoms with Gasteiger partial charge in [0, 0.05) is 5.69 Å². The highest BCUT2D eigenvalue weighted by atomic mass is 32.2. The molecule has 0 atom stereocenters. The summed E-state index contributed by atoms with van der Waals surface area (Å²) in [4.78, 5) is 0. The van der Waals surface area contributed by atoms with E-state index in [4.69, 9.17) is 5.73 Å². The van der Waals surface area contributed by atoms with Gasteiger partial charge >= 0.3 is 0 Å². The zero-order chi connectivity index (χ0) is 11.9. The van der Waals surface area contributed by atoms with Crippen molar-refractivity contribution in [1.29, 1.82) is 0 Å². The number of aromatic amines is 1. The van der Waals surface area contributed by atoms with Crippen LogP contribution in [0.1, 0.15) is 13.8 Å². The van der Waals surface area contributed by atoms with Gasteiger partial charge in [0.05, 0.1) is 16.2 Å². The molecule has 6 heteroatoms. The number of aromatic nitrogens is 2. The number of nitrogens with zero attached hydrogens (tertiary/aromatic N) is 1. The number of nitrogens with one attached hydrogen (secondary N) is 1. The van der Waals surface area contributed by atoms with E-state index in [9.17, 15) is 8.42 Å². The van der Waals surface area contributed by atoms with E-state index in [1.54, 1.807) is 32.0 Å². The summed E-state index contributed by atoms with van der Waals surface area (Å²) in [7, 11) is -3.38. The number of sulfone groups is 1.